The molecule has 1 aromatic heterocycles. The van der Waals surface area contributed by atoms with E-state index in [0.717, 1.165) is 28.8 Å². The molecule has 9 heteroatoms. The molecule has 0 unspecified atom stereocenters. The number of benzene rings is 2. The summed E-state index contributed by atoms with van der Waals surface area (Å²) in [6.07, 6.45) is -4.46. The molecule has 0 saturated carbocycles. The molecular weight excluding hydrogens is 363 g/mol. The number of nitrogens with zero attached hydrogens (tertiary/aromatic N) is 1. The fourth-order valence-corrected chi connectivity index (χ4v) is 2.63. The smallest absolute Gasteiger partial charge is 0.322 e. The Morgan fingerprint density at radius 3 is 2.37 bits per heavy atom. The van der Waals surface area contributed by atoms with Crippen LogP contribution in [0.3, 0.4) is 0 Å². The second kappa shape index (κ2) is 6.75. The first-order valence-electron chi connectivity index (χ1n) is 7.96. The van der Waals surface area contributed by atoms with Crippen LogP contribution in [-0.2, 0) is 12.7 Å². The van der Waals surface area contributed by atoms with Gasteiger partial charge in [0.15, 0.2) is 0 Å². The zero-order chi connectivity index (χ0) is 19.8. The first kappa shape index (κ1) is 18.4. The van der Waals surface area contributed by atoms with Crippen molar-refractivity contribution in [3.05, 3.63) is 74.4 Å². The number of carbonyl (C=O) groups excluding carboxylic acids is 1. The van der Waals surface area contributed by atoms with Crippen LogP contribution in [0.25, 0.3) is 10.9 Å². The molecule has 0 aliphatic carbocycles. The Bertz CT molecular complexity index is 1130. The van der Waals surface area contributed by atoms with Crippen molar-refractivity contribution in [3.8, 4) is 0 Å². The van der Waals surface area contributed by atoms with E-state index in [0.29, 0.717) is 0 Å². The summed E-state index contributed by atoms with van der Waals surface area (Å²) in [6.45, 7) is 1.87. The molecule has 2 N–H and O–H groups in total. The van der Waals surface area contributed by atoms with Crippen molar-refractivity contribution >= 4 is 22.5 Å². The number of aromatic amines is 1. The maximum Gasteiger partial charge on any atom is 0.416 e. The molecule has 140 valence electrons. The molecular formula is C18H14F3N3O3. The van der Waals surface area contributed by atoms with E-state index < -0.39 is 28.9 Å². The van der Waals surface area contributed by atoms with Crippen molar-refractivity contribution in [3.63, 3.8) is 0 Å². The average molecular weight is 377 g/mol. The largest absolute Gasteiger partial charge is 0.416 e. The zero-order valence-electron chi connectivity index (χ0n) is 14.1. The zero-order valence-corrected chi connectivity index (χ0v) is 14.1. The number of halogens is 3. The number of nitrogens with one attached hydrogen (secondary N) is 2. The molecule has 2 aromatic carbocycles. The number of carbonyl (C=O) groups is 1. The molecule has 0 atom stereocenters. The fraction of sp³-hybridized carbons (Fsp3) is 0.167. The van der Waals surface area contributed by atoms with Gasteiger partial charge in [-0.25, -0.2) is 4.79 Å². The highest BCUT2D eigenvalue weighted by molar-refractivity contribution is 6.06. The molecule has 0 radical (unpaired) electrons. The molecule has 1 amide bonds. The lowest BCUT2D eigenvalue weighted by Crippen LogP contribution is -2.34. The molecule has 27 heavy (non-hydrogen) atoms. The Hall–Kier alpha value is -3.36. The number of fused-ring (bicyclic) bond motifs is 1. The molecule has 0 bridgehead atoms. The average Bonchev–Trinajstić information content (AvgIpc) is 2.61. The Kier molecular flexibility index (Phi) is 4.61. The molecule has 0 spiro atoms. The third kappa shape index (κ3) is 3.62. The molecule has 0 aliphatic heterocycles. The van der Waals surface area contributed by atoms with Crippen LogP contribution >= 0.6 is 0 Å². The van der Waals surface area contributed by atoms with Gasteiger partial charge in [-0.2, -0.15) is 13.2 Å². The molecule has 1 heterocycles. The Labute approximate surface area is 150 Å². The van der Waals surface area contributed by atoms with Gasteiger partial charge in [-0.05, 0) is 49.4 Å². The Balaban J connectivity index is 1.90. The van der Waals surface area contributed by atoms with Crippen LogP contribution in [0.4, 0.5) is 18.9 Å². The van der Waals surface area contributed by atoms with Crippen molar-refractivity contribution in [1.82, 2.24) is 9.55 Å². The molecule has 0 aliphatic rings. The predicted octanol–water partition coefficient (Wildman–Crippen LogP) is 2.98. The number of anilines is 1. The van der Waals surface area contributed by atoms with E-state index in [1.165, 1.54) is 18.2 Å². The van der Waals surface area contributed by atoms with Crippen LogP contribution in [0.2, 0.25) is 0 Å². The minimum atomic E-state index is -4.46. The summed E-state index contributed by atoms with van der Waals surface area (Å²) in [4.78, 5) is 39.0. The summed E-state index contributed by atoms with van der Waals surface area (Å²) in [7, 11) is 0. The van der Waals surface area contributed by atoms with Crippen LogP contribution in [0.15, 0.2) is 52.1 Å². The third-order valence-corrected chi connectivity index (χ3v) is 4.03. The van der Waals surface area contributed by atoms with Gasteiger partial charge in [0.05, 0.1) is 16.5 Å². The Morgan fingerprint density at radius 1 is 1.11 bits per heavy atom. The molecule has 0 saturated heterocycles. The van der Waals surface area contributed by atoms with Gasteiger partial charge in [-0.1, -0.05) is 0 Å². The third-order valence-electron chi connectivity index (χ3n) is 4.03. The standard InChI is InChI=1S/C18H14F3N3O3/c1-2-24-16(26)13-8-3-10(9-14(13)23-17(24)27)15(25)22-12-6-4-11(5-7-12)18(19,20)21/h3-9H,2H2,1H3,(H,22,25)(H,23,27). The topological polar surface area (TPSA) is 84.0 Å². The summed E-state index contributed by atoms with van der Waals surface area (Å²) in [5, 5.41) is 2.72. The van der Waals surface area contributed by atoms with Gasteiger partial charge in [0.2, 0.25) is 0 Å². The summed E-state index contributed by atoms with van der Waals surface area (Å²) in [5.41, 5.74) is -1.35. The number of aromatic nitrogens is 2. The van der Waals surface area contributed by atoms with Crippen molar-refractivity contribution < 1.29 is 18.0 Å². The minimum Gasteiger partial charge on any atom is -0.322 e. The lowest BCUT2D eigenvalue weighted by atomic mass is 10.1. The van der Waals surface area contributed by atoms with Gasteiger partial charge in [0.1, 0.15) is 0 Å². The van der Waals surface area contributed by atoms with Gasteiger partial charge in [-0.3, -0.25) is 14.2 Å². The second-order valence-electron chi connectivity index (χ2n) is 5.77. The lowest BCUT2D eigenvalue weighted by molar-refractivity contribution is -0.137. The van der Waals surface area contributed by atoms with E-state index in [1.807, 2.05) is 0 Å². The summed E-state index contributed by atoms with van der Waals surface area (Å²) in [6, 6.07) is 8.18. The number of hydrogen-bond donors (Lipinski definition) is 2. The quantitative estimate of drug-likeness (QED) is 0.736. The molecule has 0 fully saturated rings. The van der Waals surface area contributed by atoms with Gasteiger partial charge >= 0.3 is 11.9 Å². The monoisotopic (exact) mass is 377 g/mol. The van der Waals surface area contributed by atoms with Crippen LogP contribution in [0.1, 0.15) is 22.8 Å². The highest BCUT2D eigenvalue weighted by Gasteiger charge is 2.30. The van der Waals surface area contributed by atoms with E-state index in [2.05, 4.69) is 10.3 Å². The van der Waals surface area contributed by atoms with E-state index in [-0.39, 0.29) is 28.7 Å². The summed E-state index contributed by atoms with van der Waals surface area (Å²) in [5.74, 6) is -0.586. The Morgan fingerprint density at radius 2 is 1.78 bits per heavy atom. The van der Waals surface area contributed by atoms with Crippen LogP contribution in [0.5, 0.6) is 0 Å². The summed E-state index contributed by atoms with van der Waals surface area (Å²) < 4.78 is 38.7. The van der Waals surface area contributed by atoms with E-state index in [4.69, 9.17) is 0 Å². The maximum absolute atomic E-state index is 12.6. The minimum absolute atomic E-state index is 0.145. The fourth-order valence-electron chi connectivity index (χ4n) is 2.63. The van der Waals surface area contributed by atoms with Gasteiger partial charge in [0.25, 0.3) is 11.5 Å². The van der Waals surface area contributed by atoms with Gasteiger partial charge in [-0.15, -0.1) is 0 Å². The number of rotatable bonds is 3. The van der Waals surface area contributed by atoms with Crippen molar-refractivity contribution in [1.29, 1.82) is 0 Å². The molecule has 3 aromatic rings. The van der Waals surface area contributed by atoms with Crippen LogP contribution < -0.4 is 16.6 Å². The van der Waals surface area contributed by atoms with Gasteiger partial charge in [0, 0.05) is 17.8 Å². The summed E-state index contributed by atoms with van der Waals surface area (Å²) >= 11 is 0. The number of hydrogen-bond acceptors (Lipinski definition) is 3. The highest BCUT2D eigenvalue weighted by atomic mass is 19.4. The first-order chi connectivity index (χ1) is 12.7. The highest BCUT2D eigenvalue weighted by Crippen LogP contribution is 2.29. The van der Waals surface area contributed by atoms with Crippen LogP contribution in [-0.4, -0.2) is 15.5 Å². The van der Waals surface area contributed by atoms with Crippen molar-refractivity contribution in [2.24, 2.45) is 0 Å². The SMILES string of the molecule is CCn1c(=O)[nH]c2cc(C(=O)Nc3ccc(C(F)(F)F)cc3)ccc2c1=O. The van der Waals surface area contributed by atoms with Crippen LogP contribution in [0, 0.1) is 0 Å². The van der Waals surface area contributed by atoms with Gasteiger partial charge < -0.3 is 10.3 Å². The second-order valence-corrected chi connectivity index (χ2v) is 5.77. The molecule has 3 rings (SSSR count). The number of alkyl halides is 3. The van der Waals surface area contributed by atoms with Crippen molar-refractivity contribution in [2.75, 3.05) is 5.32 Å². The molecule has 6 nitrogen and oxygen atoms in total. The maximum atomic E-state index is 12.6. The van der Waals surface area contributed by atoms with E-state index in [1.54, 1.807) is 6.92 Å². The predicted molar refractivity (Wildman–Crippen MR) is 93.9 cm³/mol. The van der Waals surface area contributed by atoms with E-state index >= 15 is 0 Å². The number of H-pyrrole nitrogens is 1. The van der Waals surface area contributed by atoms with E-state index in [9.17, 15) is 27.6 Å². The first-order valence-corrected chi connectivity index (χ1v) is 7.96. The van der Waals surface area contributed by atoms with Crippen molar-refractivity contribution in [2.45, 2.75) is 19.6 Å². The lowest BCUT2D eigenvalue weighted by Gasteiger charge is -2.09. The normalized spacial score (nSPS) is 11.6. The number of amides is 1.